The van der Waals surface area contributed by atoms with Gasteiger partial charge < -0.3 is 9.64 Å². The maximum absolute atomic E-state index is 12.3. The number of ether oxygens (including phenoxy) is 1. The molecule has 0 bridgehead atoms. The van der Waals surface area contributed by atoms with Crippen LogP contribution in [0.1, 0.15) is 27.2 Å². The topological polar surface area (TPSA) is 32.8 Å². The summed E-state index contributed by atoms with van der Waals surface area (Å²) in [6.45, 7) is 4.91. The molecule has 0 N–H and O–H groups in total. The minimum absolute atomic E-state index is 0.225. The second kappa shape index (κ2) is 5.56. The molecule has 0 saturated carbocycles. The third kappa shape index (κ3) is 5.67. The largest absolute Gasteiger partial charge is 0.444 e. The summed E-state index contributed by atoms with van der Waals surface area (Å²) in [4.78, 5) is 14.5. The monoisotopic (exact) mass is 282 g/mol. The molecule has 1 rings (SSSR count). The van der Waals surface area contributed by atoms with Gasteiger partial charge in [-0.25, -0.2) is 4.79 Å². The van der Waals surface area contributed by atoms with Crippen molar-refractivity contribution in [2.75, 3.05) is 26.7 Å². The fourth-order valence-corrected chi connectivity index (χ4v) is 2.01. The van der Waals surface area contributed by atoms with Crippen LogP contribution in [0.15, 0.2) is 0 Å². The molecule has 0 radical (unpaired) electrons. The molecule has 0 aromatic carbocycles. The van der Waals surface area contributed by atoms with Crippen LogP contribution in [0.2, 0.25) is 0 Å². The van der Waals surface area contributed by atoms with E-state index in [1.807, 2.05) is 0 Å². The summed E-state index contributed by atoms with van der Waals surface area (Å²) < 4.78 is 42.0. The van der Waals surface area contributed by atoms with Crippen LogP contribution in [0.3, 0.4) is 0 Å². The molecule has 4 nitrogen and oxygen atoms in total. The molecule has 1 amide bonds. The fourth-order valence-electron chi connectivity index (χ4n) is 2.01. The summed E-state index contributed by atoms with van der Waals surface area (Å²) in [6, 6.07) is -0.225. The highest BCUT2D eigenvalue weighted by Gasteiger charge is 2.36. The van der Waals surface area contributed by atoms with Crippen molar-refractivity contribution in [3.05, 3.63) is 0 Å². The lowest BCUT2D eigenvalue weighted by Crippen LogP contribution is -2.43. The first-order valence-electron chi connectivity index (χ1n) is 6.23. The second-order valence-electron chi connectivity index (χ2n) is 5.88. The van der Waals surface area contributed by atoms with Gasteiger partial charge in [0.15, 0.2) is 0 Å². The van der Waals surface area contributed by atoms with Crippen LogP contribution in [-0.2, 0) is 4.74 Å². The van der Waals surface area contributed by atoms with Gasteiger partial charge in [0.25, 0.3) is 0 Å². The van der Waals surface area contributed by atoms with E-state index in [-0.39, 0.29) is 12.6 Å². The van der Waals surface area contributed by atoms with Gasteiger partial charge in [-0.05, 0) is 27.2 Å². The van der Waals surface area contributed by atoms with Crippen molar-refractivity contribution in [1.29, 1.82) is 0 Å². The van der Waals surface area contributed by atoms with Crippen molar-refractivity contribution >= 4 is 6.09 Å². The summed E-state index contributed by atoms with van der Waals surface area (Å²) in [5.41, 5.74) is -0.602. The minimum Gasteiger partial charge on any atom is -0.444 e. The van der Waals surface area contributed by atoms with Crippen molar-refractivity contribution in [3.63, 3.8) is 0 Å². The molecular formula is C12H21F3N2O2. The van der Waals surface area contributed by atoms with Gasteiger partial charge in [-0.1, -0.05) is 0 Å². The average molecular weight is 282 g/mol. The molecule has 7 heteroatoms. The van der Waals surface area contributed by atoms with E-state index in [9.17, 15) is 18.0 Å². The molecular weight excluding hydrogens is 261 g/mol. The standard InChI is InChI=1S/C12H21F3N2O2/c1-11(2,3)19-10(18)16(4)9-5-6-17(7-9)8-12(13,14)15/h9H,5-8H2,1-4H3. The molecule has 0 aromatic heterocycles. The highest BCUT2D eigenvalue weighted by Crippen LogP contribution is 2.22. The van der Waals surface area contributed by atoms with Gasteiger partial charge in [0, 0.05) is 26.2 Å². The van der Waals surface area contributed by atoms with Crippen molar-refractivity contribution in [1.82, 2.24) is 9.80 Å². The normalized spacial score (nSPS) is 21.5. The Bertz CT molecular complexity index is 326. The van der Waals surface area contributed by atoms with E-state index in [1.54, 1.807) is 27.8 Å². The number of rotatable bonds is 2. The SMILES string of the molecule is CN(C(=O)OC(C)(C)C)C1CCN(CC(F)(F)F)C1. The Morgan fingerprint density at radius 2 is 1.95 bits per heavy atom. The van der Waals surface area contributed by atoms with Crippen LogP contribution >= 0.6 is 0 Å². The zero-order valence-corrected chi connectivity index (χ0v) is 11.8. The first-order chi connectivity index (χ1) is 8.48. The van der Waals surface area contributed by atoms with Crippen LogP contribution in [0, 0.1) is 0 Å². The zero-order chi connectivity index (χ0) is 14.8. The van der Waals surface area contributed by atoms with Gasteiger partial charge in [-0.3, -0.25) is 4.90 Å². The molecule has 1 heterocycles. The lowest BCUT2D eigenvalue weighted by atomic mass is 10.2. The summed E-state index contributed by atoms with van der Waals surface area (Å²) in [5, 5.41) is 0. The third-order valence-corrected chi connectivity index (χ3v) is 2.88. The summed E-state index contributed by atoms with van der Waals surface area (Å²) in [6.07, 6.45) is -4.16. The van der Waals surface area contributed by atoms with Crippen LogP contribution < -0.4 is 0 Å². The summed E-state index contributed by atoms with van der Waals surface area (Å²) >= 11 is 0. The van der Waals surface area contributed by atoms with Crippen LogP contribution in [-0.4, -0.2) is 60.4 Å². The second-order valence-corrected chi connectivity index (χ2v) is 5.88. The van der Waals surface area contributed by atoms with Gasteiger partial charge in [-0.2, -0.15) is 13.2 Å². The minimum atomic E-state index is -4.20. The van der Waals surface area contributed by atoms with Crippen LogP contribution in [0.5, 0.6) is 0 Å². The number of carbonyl (C=O) groups is 1. The smallest absolute Gasteiger partial charge is 0.410 e. The van der Waals surface area contributed by atoms with Crippen molar-refractivity contribution in [3.8, 4) is 0 Å². The number of carbonyl (C=O) groups excluding carboxylic acids is 1. The highest BCUT2D eigenvalue weighted by molar-refractivity contribution is 5.68. The maximum atomic E-state index is 12.3. The molecule has 0 aliphatic carbocycles. The third-order valence-electron chi connectivity index (χ3n) is 2.88. The predicted octanol–water partition coefficient (Wildman–Crippen LogP) is 2.49. The Kier molecular flexibility index (Phi) is 4.71. The van der Waals surface area contributed by atoms with Crippen molar-refractivity contribution < 1.29 is 22.7 Å². The predicted molar refractivity (Wildman–Crippen MR) is 64.9 cm³/mol. The van der Waals surface area contributed by atoms with Gasteiger partial charge in [-0.15, -0.1) is 0 Å². The van der Waals surface area contributed by atoms with Gasteiger partial charge >= 0.3 is 12.3 Å². The Morgan fingerprint density at radius 3 is 2.42 bits per heavy atom. The molecule has 1 aliphatic heterocycles. The maximum Gasteiger partial charge on any atom is 0.410 e. The van der Waals surface area contributed by atoms with Gasteiger partial charge in [0.2, 0.25) is 0 Å². The zero-order valence-electron chi connectivity index (χ0n) is 11.8. The van der Waals surface area contributed by atoms with E-state index >= 15 is 0 Å². The Balaban J connectivity index is 2.48. The number of halogens is 3. The van der Waals surface area contributed by atoms with E-state index in [0.29, 0.717) is 13.0 Å². The summed E-state index contributed by atoms with van der Waals surface area (Å²) in [7, 11) is 1.57. The summed E-state index contributed by atoms with van der Waals surface area (Å²) in [5.74, 6) is 0. The first-order valence-corrected chi connectivity index (χ1v) is 6.23. The van der Waals surface area contributed by atoms with Crippen molar-refractivity contribution in [2.24, 2.45) is 0 Å². The lowest BCUT2D eigenvalue weighted by molar-refractivity contribution is -0.143. The van der Waals surface area contributed by atoms with Gasteiger partial charge in [0.1, 0.15) is 5.60 Å². The van der Waals surface area contributed by atoms with E-state index in [1.165, 1.54) is 9.80 Å². The highest BCUT2D eigenvalue weighted by atomic mass is 19.4. The number of likely N-dealkylation sites (N-methyl/N-ethyl adjacent to an activating group) is 1. The van der Waals surface area contributed by atoms with Gasteiger partial charge in [0.05, 0.1) is 6.54 Å². The number of likely N-dealkylation sites (tertiary alicyclic amines) is 1. The number of nitrogens with zero attached hydrogens (tertiary/aromatic N) is 2. The molecule has 0 spiro atoms. The Hall–Kier alpha value is -0.980. The fraction of sp³-hybridized carbons (Fsp3) is 0.917. The molecule has 1 atom stereocenters. The quantitative estimate of drug-likeness (QED) is 0.780. The van der Waals surface area contributed by atoms with E-state index < -0.39 is 24.4 Å². The number of hydrogen-bond acceptors (Lipinski definition) is 3. The molecule has 1 fully saturated rings. The van der Waals surface area contributed by atoms with E-state index in [2.05, 4.69) is 0 Å². The average Bonchev–Trinajstić information content (AvgIpc) is 2.59. The number of alkyl halides is 3. The lowest BCUT2D eigenvalue weighted by Gasteiger charge is -2.28. The first kappa shape index (κ1) is 16.1. The number of amides is 1. The molecule has 0 aromatic rings. The molecule has 112 valence electrons. The molecule has 1 aliphatic rings. The van der Waals surface area contributed by atoms with Crippen molar-refractivity contribution in [2.45, 2.75) is 45.0 Å². The molecule has 1 saturated heterocycles. The van der Waals surface area contributed by atoms with E-state index in [0.717, 1.165) is 0 Å². The van der Waals surface area contributed by atoms with E-state index in [4.69, 9.17) is 4.74 Å². The Labute approximate surface area is 111 Å². The molecule has 1 unspecified atom stereocenters. The number of hydrogen-bond donors (Lipinski definition) is 0. The van der Waals surface area contributed by atoms with Crippen LogP contribution in [0.25, 0.3) is 0 Å². The molecule has 19 heavy (non-hydrogen) atoms. The Morgan fingerprint density at radius 1 is 1.37 bits per heavy atom. The van der Waals surface area contributed by atoms with Crippen LogP contribution in [0.4, 0.5) is 18.0 Å².